The van der Waals surface area contributed by atoms with Gasteiger partial charge >= 0.3 is 0 Å². The number of carbonyl (C=O) groups is 1. The number of halogens is 1. The quantitative estimate of drug-likeness (QED) is 0.267. The number of aliphatic imine (C=N–C) groups is 1. The lowest BCUT2D eigenvalue weighted by Crippen LogP contribution is -2.39. The zero-order valence-electron chi connectivity index (χ0n) is 13.1. The van der Waals surface area contributed by atoms with Crippen LogP contribution < -0.4 is 16.0 Å². The van der Waals surface area contributed by atoms with E-state index in [0.717, 1.165) is 31.8 Å². The lowest BCUT2D eigenvalue weighted by molar-refractivity contribution is -0.121. The smallest absolute Gasteiger partial charge is 0.220 e. The van der Waals surface area contributed by atoms with Crippen LogP contribution in [-0.4, -0.2) is 31.5 Å². The number of hydrogen-bond donors (Lipinski definition) is 3. The predicted octanol–water partition coefficient (Wildman–Crippen LogP) is 2.65. The molecule has 1 saturated carbocycles. The molecule has 0 bridgehead atoms. The van der Waals surface area contributed by atoms with E-state index in [4.69, 9.17) is 0 Å². The first-order valence-corrected chi connectivity index (χ1v) is 8.37. The molecule has 1 aromatic heterocycles. The summed E-state index contributed by atoms with van der Waals surface area (Å²) in [6.07, 6.45) is 3.66. The van der Waals surface area contributed by atoms with Gasteiger partial charge in [-0.05, 0) is 37.6 Å². The summed E-state index contributed by atoms with van der Waals surface area (Å²) < 4.78 is 0. The third kappa shape index (κ3) is 6.95. The van der Waals surface area contributed by atoms with E-state index in [1.165, 1.54) is 4.88 Å². The molecule has 1 heterocycles. The molecule has 1 fully saturated rings. The first-order chi connectivity index (χ1) is 10.2. The highest BCUT2D eigenvalue weighted by molar-refractivity contribution is 14.0. The van der Waals surface area contributed by atoms with E-state index < -0.39 is 0 Å². The maximum Gasteiger partial charge on any atom is 0.220 e. The van der Waals surface area contributed by atoms with Crippen LogP contribution in [0.15, 0.2) is 22.5 Å². The Kier molecular flexibility index (Phi) is 8.77. The van der Waals surface area contributed by atoms with Crippen molar-refractivity contribution < 1.29 is 4.79 Å². The van der Waals surface area contributed by atoms with Crippen molar-refractivity contribution in [3.63, 3.8) is 0 Å². The zero-order valence-corrected chi connectivity index (χ0v) is 16.2. The highest BCUT2D eigenvalue weighted by Crippen LogP contribution is 2.19. The normalized spacial score (nSPS) is 15.6. The molecule has 124 valence electrons. The zero-order chi connectivity index (χ0) is 15.1. The van der Waals surface area contributed by atoms with Gasteiger partial charge in [-0.2, -0.15) is 0 Å². The molecule has 3 N–H and O–H groups in total. The van der Waals surface area contributed by atoms with Crippen molar-refractivity contribution in [2.45, 2.75) is 44.7 Å². The van der Waals surface area contributed by atoms with Crippen LogP contribution in [0.25, 0.3) is 0 Å². The molecule has 1 atom stereocenters. The van der Waals surface area contributed by atoms with Crippen LogP contribution in [0, 0.1) is 0 Å². The molecule has 0 radical (unpaired) electrons. The number of nitrogens with one attached hydrogen (secondary N) is 3. The van der Waals surface area contributed by atoms with Crippen LogP contribution in [0.1, 0.15) is 43.5 Å². The number of nitrogens with zero attached hydrogens (tertiary/aromatic N) is 1. The summed E-state index contributed by atoms with van der Waals surface area (Å²) in [6.45, 7) is 2.86. The number of amides is 1. The Hall–Kier alpha value is -0.830. The van der Waals surface area contributed by atoms with E-state index >= 15 is 0 Å². The maximum atomic E-state index is 11.6. The van der Waals surface area contributed by atoms with Crippen LogP contribution in [0.3, 0.4) is 0 Å². The molecule has 1 amide bonds. The van der Waals surface area contributed by atoms with Crippen molar-refractivity contribution in [1.29, 1.82) is 0 Å². The van der Waals surface area contributed by atoms with Gasteiger partial charge in [-0.25, -0.2) is 0 Å². The third-order valence-corrected chi connectivity index (χ3v) is 4.42. The Morgan fingerprint density at radius 2 is 2.27 bits per heavy atom. The Morgan fingerprint density at radius 3 is 2.86 bits per heavy atom. The average molecular weight is 436 g/mol. The van der Waals surface area contributed by atoms with Gasteiger partial charge in [0.25, 0.3) is 0 Å². The molecule has 22 heavy (non-hydrogen) atoms. The summed E-state index contributed by atoms with van der Waals surface area (Å²) >= 11 is 1.73. The fraction of sp³-hybridized carbons (Fsp3) is 0.600. The number of hydrogen-bond acceptors (Lipinski definition) is 3. The molecule has 2 rings (SSSR count). The highest BCUT2D eigenvalue weighted by Gasteiger charge is 2.22. The fourth-order valence-electron chi connectivity index (χ4n) is 1.99. The molecular weight excluding hydrogens is 411 g/mol. The first kappa shape index (κ1) is 19.2. The summed E-state index contributed by atoms with van der Waals surface area (Å²) in [7, 11) is 1.76. The van der Waals surface area contributed by atoms with Gasteiger partial charge in [0.1, 0.15) is 0 Å². The summed E-state index contributed by atoms with van der Waals surface area (Å²) in [5.41, 5.74) is 0. The molecule has 1 aliphatic rings. The number of guanidine groups is 1. The Bertz CT molecular complexity index is 474. The van der Waals surface area contributed by atoms with Gasteiger partial charge in [-0.3, -0.25) is 9.79 Å². The maximum absolute atomic E-state index is 11.6. The van der Waals surface area contributed by atoms with Crippen molar-refractivity contribution in [2.24, 2.45) is 4.99 Å². The van der Waals surface area contributed by atoms with Crippen molar-refractivity contribution in [1.82, 2.24) is 16.0 Å². The highest BCUT2D eigenvalue weighted by atomic mass is 127. The van der Waals surface area contributed by atoms with Crippen LogP contribution >= 0.6 is 35.3 Å². The first-order valence-electron chi connectivity index (χ1n) is 7.49. The van der Waals surface area contributed by atoms with E-state index in [1.54, 1.807) is 18.4 Å². The van der Waals surface area contributed by atoms with Crippen molar-refractivity contribution in [2.75, 3.05) is 13.6 Å². The molecule has 0 aliphatic heterocycles. The summed E-state index contributed by atoms with van der Waals surface area (Å²) in [5, 5.41) is 11.7. The van der Waals surface area contributed by atoms with Gasteiger partial charge in [-0.15, -0.1) is 35.3 Å². The van der Waals surface area contributed by atoms with Gasteiger partial charge < -0.3 is 16.0 Å². The topological polar surface area (TPSA) is 65.5 Å². The standard InChI is InChI=1S/C15H24N4OS.HI/c1-11(13-5-4-10-21-13)18-15(16-2)17-9-3-6-14(20)19-12-7-8-12;/h4-5,10-12H,3,6-9H2,1-2H3,(H,19,20)(H2,16,17,18);1H. The summed E-state index contributed by atoms with van der Waals surface area (Å²) in [6, 6.07) is 4.84. The predicted molar refractivity (Wildman–Crippen MR) is 103 cm³/mol. The molecule has 1 unspecified atom stereocenters. The van der Waals surface area contributed by atoms with E-state index in [1.807, 2.05) is 6.07 Å². The van der Waals surface area contributed by atoms with E-state index in [9.17, 15) is 4.79 Å². The fourth-order valence-corrected chi connectivity index (χ4v) is 2.73. The Morgan fingerprint density at radius 1 is 1.50 bits per heavy atom. The molecule has 1 aliphatic carbocycles. The van der Waals surface area contributed by atoms with E-state index in [0.29, 0.717) is 12.5 Å². The number of carbonyl (C=O) groups excluding carboxylic acids is 1. The van der Waals surface area contributed by atoms with E-state index in [-0.39, 0.29) is 35.9 Å². The van der Waals surface area contributed by atoms with Crippen molar-refractivity contribution >= 4 is 47.2 Å². The second kappa shape index (κ2) is 10.0. The summed E-state index contributed by atoms with van der Waals surface area (Å²) in [4.78, 5) is 17.0. The second-order valence-corrected chi connectivity index (χ2v) is 6.31. The SMILES string of the molecule is CN=C(NCCCC(=O)NC1CC1)NC(C)c1cccs1.I. The van der Waals surface area contributed by atoms with Gasteiger partial charge in [0.15, 0.2) is 5.96 Å². The number of rotatable bonds is 7. The second-order valence-electron chi connectivity index (χ2n) is 5.33. The molecule has 0 aromatic carbocycles. The minimum Gasteiger partial charge on any atom is -0.356 e. The largest absolute Gasteiger partial charge is 0.356 e. The van der Waals surface area contributed by atoms with Crippen LogP contribution in [0.4, 0.5) is 0 Å². The molecular formula is C15H25IN4OS. The molecule has 5 nitrogen and oxygen atoms in total. The minimum absolute atomic E-state index is 0. The van der Waals surface area contributed by atoms with Crippen LogP contribution in [-0.2, 0) is 4.79 Å². The molecule has 7 heteroatoms. The monoisotopic (exact) mass is 436 g/mol. The summed E-state index contributed by atoms with van der Waals surface area (Å²) in [5.74, 6) is 0.938. The van der Waals surface area contributed by atoms with Gasteiger partial charge in [0.05, 0.1) is 6.04 Å². The van der Waals surface area contributed by atoms with Gasteiger partial charge in [-0.1, -0.05) is 6.07 Å². The number of thiophene rings is 1. The lowest BCUT2D eigenvalue weighted by Gasteiger charge is -2.16. The lowest BCUT2D eigenvalue weighted by atomic mass is 10.3. The third-order valence-electron chi connectivity index (χ3n) is 3.36. The van der Waals surface area contributed by atoms with Crippen molar-refractivity contribution in [3.05, 3.63) is 22.4 Å². The van der Waals surface area contributed by atoms with Gasteiger partial charge in [0.2, 0.25) is 5.91 Å². The Labute approximate surface area is 153 Å². The van der Waals surface area contributed by atoms with Crippen LogP contribution in [0.2, 0.25) is 0 Å². The average Bonchev–Trinajstić information content (AvgIpc) is 3.11. The van der Waals surface area contributed by atoms with E-state index in [2.05, 4.69) is 39.3 Å². The Balaban J connectivity index is 0.00000242. The molecule has 1 aromatic rings. The minimum atomic E-state index is 0. The molecule has 0 saturated heterocycles. The molecule has 0 spiro atoms. The van der Waals surface area contributed by atoms with Gasteiger partial charge in [0, 0.05) is 30.9 Å². The van der Waals surface area contributed by atoms with Crippen LogP contribution in [0.5, 0.6) is 0 Å². The van der Waals surface area contributed by atoms with Crippen molar-refractivity contribution in [3.8, 4) is 0 Å².